The Morgan fingerprint density at radius 2 is 2.10 bits per heavy atom. The molecule has 1 saturated heterocycles. The van der Waals surface area contributed by atoms with Crippen molar-refractivity contribution in [3.05, 3.63) is 47.0 Å². The highest BCUT2D eigenvalue weighted by Gasteiger charge is 2.23. The summed E-state index contributed by atoms with van der Waals surface area (Å²) in [5, 5.41) is 11.5. The van der Waals surface area contributed by atoms with E-state index in [9.17, 15) is 9.59 Å². The van der Waals surface area contributed by atoms with E-state index in [0.29, 0.717) is 23.8 Å². The van der Waals surface area contributed by atoms with Crippen LogP contribution in [0.4, 0.5) is 0 Å². The van der Waals surface area contributed by atoms with E-state index in [-0.39, 0.29) is 18.0 Å². The molecular formula is C21H26N6O3. The van der Waals surface area contributed by atoms with Crippen molar-refractivity contribution in [2.45, 2.75) is 32.4 Å². The van der Waals surface area contributed by atoms with Gasteiger partial charge in [0.15, 0.2) is 0 Å². The molecule has 0 radical (unpaired) electrons. The molecule has 9 nitrogen and oxygen atoms in total. The Morgan fingerprint density at radius 1 is 1.30 bits per heavy atom. The van der Waals surface area contributed by atoms with Crippen LogP contribution in [-0.2, 0) is 11.3 Å². The zero-order valence-electron chi connectivity index (χ0n) is 17.2. The maximum Gasteiger partial charge on any atom is 0.293 e. The van der Waals surface area contributed by atoms with Gasteiger partial charge in [0, 0.05) is 18.2 Å². The van der Waals surface area contributed by atoms with Gasteiger partial charge in [-0.2, -0.15) is 10.2 Å². The number of carbonyl (C=O) groups is 1. The lowest BCUT2D eigenvalue weighted by atomic mass is 10.1. The summed E-state index contributed by atoms with van der Waals surface area (Å²) in [4.78, 5) is 27.5. The molecule has 0 aliphatic carbocycles. The number of likely N-dealkylation sites (tertiary alicyclic amines) is 1. The van der Waals surface area contributed by atoms with Gasteiger partial charge in [-0.1, -0.05) is 6.92 Å². The quantitative estimate of drug-likeness (QED) is 0.628. The van der Waals surface area contributed by atoms with Crippen molar-refractivity contribution in [1.29, 1.82) is 0 Å². The van der Waals surface area contributed by atoms with Crippen LogP contribution in [0, 0.1) is 0 Å². The number of nitrogens with one attached hydrogen (secondary N) is 1. The molecule has 1 fully saturated rings. The number of methoxy groups -OCH3 is 1. The van der Waals surface area contributed by atoms with E-state index in [1.165, 1.54) is 15.5 Å². The highest BCUT2D eigenvalue weighted by molar-refractivity contribution is 5.75. The van der Waals surface area contributed by atoms with Crippen LogP contribution in [-0.4, -0.2) is 63.0 Å². The Bertz CT molecular complexity index is 1090. The zero-order valence-corrected chi connectivity index (χ0v) is 17.2. The highest BCUT2D eigenvalue weighted by atomic mass is 16.5. The van der Waals surface area contributed by atoms with Crippen molar-refractivity contribution in [2.24, 2.45) is 0 Å². The molecular weight excluding hydrogens is 384 g/mol. The van der Waals surface area contributed by atoms with Crippen LogP contribution in [0.5, 0.6) is 5.75 Å². The van der Waals surface area contributed by atoms with Crippen molar-refractivity contribution in [1.82, 2.24) is 29.6 Å². The van der Waals surface area contributed by atoms with Crippen LogP contribution >= 0.6 is 0 Å². The summed E-state index contributed by atoms with van der Waals surface area (Å²) in [5.41, 5.74) is 1.53. The molecule has 1 aliphatic heterocycles. The average Bonchev–Trinajstić information content (AvgIpc) is 3.41. The molecule has 158 valence electrons. The molecule has 1 aromatic carbocycles. The van der Waals surface area contributed by atoms with E-state index in [0.717, 1.165) is 37.2 Å². The van der Waals surface area contributed by atoms with E-state index < -0.39 is 0 Å². The lowest BCUT2D eigenvalue weighted by Gasteiger charge is -2.22. The molecule has 4 rings (SSSR count). The van der Waals surface area contributed by atoms with Crippen LogP contribution in [0.1, 0.15) is 19.8 Å². The number of amides is 1. The number of ether oxygens (including phenoxy) is 1. The normalized spacial score (nSPS) is 16.8. The number of hydrogen-bond acceptors (Lipinski definition) is 6. The summed E-state index contributed by atoms with van der Waals surface area (Å²) in [7, 11) is 1.61. The van der Waals surface area contributed by atoms with Gasteiger partial charge in [0.1, 0.15) is 24.1 Å². The fourth-order valence-electron chi connectivity index (χ4n) is 3.92. The second-order valence-corrected chi connectivity index (χ2v) is 7.41. The second-order valence-electron chi connectivity index (χ2n) is 7.41. The Labute approximate surface area is 174 Å². The number of carbonyl (C=O) groups excluding carboxylic acids is 1. The van der Waals surface area contributed by atoms with Crippen LogP contribution < -0.4 is 15.6 Å². The third-order valence-electron chi connectivity index (χ3n) is 5.61. The molecule has 2 aromatic heterocycles. The van der Waals surface area contributed by atoms with Gasteiger partial charge in [-0.3, -0.25) is 14.5 Å². The topological polar surface area (TPSA) is 93.8 Å². The minimum absolute atomic E-state index is 0.114. The van der Waals surface area contributed by atoms with Gasteiger partial charge in [0.2, 0.25) is 5.91 Å². The third-order valence-corrected chi connectivity index (χ3v) is 5.61. The predicted octanol–water partition coefficient (Wildman–Crippen LogP) is 1.17. The van der Waals surface area contributed by atoms with E-state index >= 15 is 0 Å². The monoisotopic (exact) mass is 410 g/mol. The smallest absolute Gasteiger partial charge is 0.293 e. The first-order valence-corrected chi connectivity index (χ1v) is 10.2. The fourth-order valence-corrected chi connectivity index (χ4v) is 3.92. The molecule has 1 aliphatic rings. The number of rotatable bonds is 7. The van der Waals surface area contributed by atoms with Crippen LogP contribution in [0.25, 0.3) is 16.8 Å². The van der Waals surface area contributed by atoms with Gasteiger partial charge in [-0.15, -0.1) is 0 Å². The minimum atomic E-state index is -0.351. The summed E-state index contributed by atoms with van der Waals surface area (Å²) in [5.74, 6) is 0.531. The molecule has 0 saturated carbocycles. The van der Waals surface area contributed by atoms with Gasteiger partial charge < -0.3 is 10.1 Å². The largest absolute Gasteiger partial charge is 0.497 e. The van der Waals surface area contributed by atoms with E-state index in [1.54, 1.807) is 13.2 Å². The molecule has 0 spiro atoms. The maximum atomic E-state index is 12.8. The molecule has 0 unspecified atom stereocenters. The van der Waals surface area contributed by atoms with Crippen molar-refractivity contribution >= 4 is 11.4 Å². The first-order valence-electron chi connectivity index (χ1n) is 10.2. The first kappa shape index (κ1) is 20.1. The maximum absolute atomic E-state index is 12.8. The first-order chi connectivity index (χ1) is 14.6. The summed E-state index contributed by atoms with van der Waals surface area (Å²) in [6.07, 6.45) is 3.69. The number of aromatic nitrogens is 4. The van der Waals surface area contributed by atoms with E-state index in [1.807, 2.05) is 24.3 Å². The zero-order chi connectivity index (χ0) is 21.1. The minimum Gasteiger partial charge on any atom is -0.497 e. The van der Waals surface area contributed by atoms with Gasteiger partial charge in [0.25, 0.3) is 5.56 Å². The molecule has 1 amide bonds. The van der Waals surface area contributed by atoms with Crippen LogP contribution in [0.15, 0.2) is 41.5 Å². The SMILES string of the molecule is CCN1CCC[C@H]1CNC(=O)Cn1ncn2nc(-c3ccc(OC)cc3)cc2c1=O. The number of benzene rings is 1. The lowest BCUT2D eigenvalue weighted by Crippen LogP contribution is -2.42. The van der Waals surface area contributed by atoms with E-state index in [4.69, 9.17) is 4.74 Å². The highest BCUT2D eigenvalue weighted by Crippen LogP contribution is 2.21. The summed E-state index contributed by atoms with van der Waals surface area (Å²) in [6.45, 7) is 4.67. The molecule has 3 aromatic rings. The Hall–Kier alpha value is -3.20. The molecule has 30 heavy (non-hydrogen) atoms. The van der Waals surface area contributed by atoms with Crippen LogP contribution in [0.3, 0.4) is 0 Å². The van der Waals surface area contributed by atoms with Gasteiger partial charge in [-0.25, -0.2) is 9.20 Å². The average molecular weight is 410 g/mol. The van der Waals surface area contributed by atoms with Gasteiger partial charge >= 0.3 is 0 Å². The summed E-state index contributed by atoms with van der Waals surface area (Å²) in [6, 6.07) is 9.51. The van der Waals surface area contributed by atoms with E-state index in [2.05, 4.69) is 27.3 Å². The van der Waals surface area contributed by atoms with Gasteiger partial charge in [0.05, 0.1) is 12.8 Å². The summed E-state index contributed by atoms with van der Waals surface area (Å²) < 4.78 is 7.79. The standard InChI is InChI=1S/C21H26N6O3/c1-3-25-10-4-5-16(25)12-22-20(28)13-26-21(29)19-11-18(24-27(19)14-23-26)15-6-8-17(30-2)9-7-15/h6-9,11,14,16H,3-5,10,12-13H2,1-2H3,(H,22,28)/t16-/m0/s1. The molecule has 0 bridgehead atoms. The second kappa shape index (κ2) is 8.66. The number of nitrogens with zero attached hydrogens (tertiary/aromatic N) is 5. The Kier molecular flexibility index (Phi) is 5.80. The Morgan fingerprint density at radius 3 is 2.83 bits per heavy atom. The number of fused-ring (bicyclic) bond motifs is 1. The molecule has 9 heteroatoms. The number of likely N-dealkylation sites (N-methyl/N-ethyl adjacent to an activating group) is 1. The van der Waals surface area contributed by atoms with Crippen molar-refractivity contribution < 1.29 is 9.53 Å². The van der Waals surface area contributed by atoms with Crippen LogP contribution in [0.2, 0.25) is 0 Å². The molecule has 1 atom stereocenters. The summed E-state index contributed by atoms with van der Waals surface area (Å²) >= 11 is 0. The Balaban J connectivity index is 1.47. The predicted molar refractivity (Wildman–Crippen MR) is 113 cm³/mol. The van der Waals surface area contributed by atoms with Gasteiger partial charge in [-0.05, 0) is 56.3 Å². The third kappa shape index (κ3) is 4.06. The fraction of sp³-hybridized carbons (Fsp3) is 0.429. The molecule has 3 heterocycles. The van der Waals surface area contributed by atoms with Crippen molar-refractivity contribution in [2.75, 3.05) is 26.7 Å². The molecule has 1 N–H and O–H groups in total. The van der Waals surface area contributed by atoms with Crippen molar-refractivity contribution in [3.8, 4) is 17.0 Å². The lowest BCUT2D eigenvalue weighted by molar-refractivity contribution is -0.122. The van der Waals surface area contributed by atoms with Crippen molar-refractivity contribution in [3.63, 3.8) is 0 Å². The number of hydrogen-bond donors (Lipinski definition) is 1.